The summed E-state index contributed by atoms with van der Waals surface area (Å²) in [5.41, 5.74) is 1.81. The van der Waals surface area contributed by atoms with Gasteiger partial charge < -0.3 is 20.8 Å². The molecule has 3 heterocycles. The van der Waals surface area contributed by atoms with E-state index < -0.39 is 47.1 Å². The molecule has 1 fully saturated rings. The molecular weight excluding hydrogens is 615 g/mol. The molecule has 0 aliphatic carbocycles. The molecule has 1 aromatic heterocycles. The van der Waals surface area contributed by atoms with Gasteiger partial charge in [-0.2, -0.15) is 0 Å². The van der Waals surface area contributed by atoms with Crippen molar-refractivity contribution in [2.24, 2.45) is 0 Å². The molecule has 0 saturated carbocycles. The average Bonchev–Trinajstić information content (AvgIpc) is 3.37. The van der Waals surface area contributed by atoms with Crippen molar-refractivity contribution in [1.29, 1.82) is 0 Å². The molecule has 2 aromatic rings. The maximum Gasteiger partial charge on any atom is 0.352 e. The Morgan fingerprint density at radius 2 is 1.84 bits per heavy atom. The number of carbonyl (C=O) groups is 5. The fourth-order valence-electron chi connectivity index (χ4n) is 4.61. The van der Waals surface area contributed by atoms with Crippen LogP contribution >= 0.6 is 34.9 Å². The first-order chi connectivity index (χ1) is 20.3. The van der Waals surface area contributed by atoms with E-state index in [4.69, 9.17) is 0 Å². The summed E-state index contributed by atoms with van der Waals surface area (Å²) >= 11 is 4.14. The first-order valence-corrected chi connectivity index (χ1v) is 16.4. The monoisotopic (exact) mass is 647 g/mol. The molecule has 0 bridgehead atoms. The Kier molecular flexibility index (Phi) is 10.2. The number of nitrogens with one attached hydrogen (secondary N) is 2. The van der Waals surface area contributed by atoms with E-state index in [2.05, 4.69) is 41.6 Å². The minimum atomic E-state index is -1.22. The highest BCUT2D eigenvalue weighted by Crippen LogP contribution is 2.41. The number of carbonyl (C=O) groups excluding carboxylic acids is 3. The van der Waals surface area contributed by atoms with Gasteiger partial charge in [-0.05, 0) is 48.4 Å². The molecule has 4 N–H and O–H groups in total. The SMILES string of the molecule is Cc1nnc(SCC2=C(C(=O)O)N3C(=O)[C@@H](NC(=O)CCCC(NC(=O)c4ccc(C(C)(C)C)cc4)C(=O)O)[C@@H]3SC2)s1. The quantitative estimate of drug-likeness (QED) is 0.197. The number of carboxylic acid groups (broad SMARTS) is 2. The fraction of sp³-hybridized carbons (Fsp3) is 0.464. The van der Waals surface area contributed by atoms with E-state index in [1.54, 1.807) is 12.1 Å². The number of aliphatic carboxylic acids is 2. The van der Waals surface area contributed by atoms with E-state index in [9.17, 15) is 34.2 Å². The summed E-state index contributed by atoms with van der Waals surface area (Å²) in [6, 6.07) is 4.89. The zero-order chi connectivity index (χ0) is 31.5. The molecule has 0 radical (unpaired) electrons. The molecule has 2 aliphatic rings. The summed E-state index contributed by atoms with van der Waals surface area (Å²) in [4.78, 5) is 63.3. The van der Waals surface area contributed by atoms with Crippen LogP contribution in [-0.4, -0.2) is 83.9 Å². The number of hydrogen-bond donors (Lipinski definition) is 4. The van der Waals surface area contributed by atoms with Crippen LogP contribution in [0, 0.1) is 6.92 Å². The summed E-state index contributed by atoms with van der Waals surface area (Å²) in [6.07, 6.45) is 0.103. The number of thioether (sulfide) groups is 2. The Hall–Kier alpha value is -3.43. The van der Waals surface area contributed by atoms with E-state index in [1.807, 2.05) is 19.1 Å². The predicted molar refractivity (Wildman–Crippen MR) is 163 cm³/mol. The van der Waals surface area contributed by atoms with Gasteiger partial charge in [0, 0.05) is 23.5 Å². The van der Waals surface area contributed by atoms with E-state index >= 15 is 0 Å². The van der Waals surface area contributed by atoms with Gasteiger partial charge >= 0.3 is 11.9 Å². The number of amides is 3. The molecule has 1 aromatic carbocycles. The highest BCUT2D eigenvalue weighted by atomic mass is 32.2. The van der Waals surface area contributed by atoms with Crippen LogP contribution in [0.5, 0.6) is 0 Å². The highest BCUT2D eigenvalue weighted by Gasteiger charge is 2.54. The Morgan fingerprint density at radius 1 is 1.14 bits per heavy atom. The molecule has 12 nitrogen and oxygen atoms in total. The fourth-order valence-corrected chi connectivity index (χ4v) is 7.91. The first-order valence-electron chi connectivity index (χ1n) is 13.5. The number of β-lactam (4-membered cyclic amide) rings is 1. The van der Waals surface area contributed by atoms with Crippen molar-refractivity contribution >= 4 is 64.5 Å². The number of aromatic nitrogens is 2. The van der Waals surface area contributed by atoms with Gasteiger partial charge in [0.25, 0.3) is 11.8 Å². The minimum Gasteiger partial charge on any atom is -0.480 e. The average molecular weight is 648 g/mol. The van der Waals surface area contributed by atoms with Crippen LogP contribution in [0.1, 0.15) is 61.0 Å². The Bertz CT molecular complexity index is 1450. The maximum absolute atomic E-state index is 12.9. The first kappa shape index (κ1) is 32.5. The second-order valence-electron chi connectivity index (χ2n) is 11.2. The van der Waals surface area contributed by atoms with Gasteiger partial charge in [-0.3, -0.25) is 19.3 Å². The van der Waals surface area contributed by atoms with Crippen molar-refractivity contribution in [3.63, 3.8) is 0 Å². The topological polar surface area (TPSA) is 179 Å². The lowest BCUT2D eigenvalue weighted by Crippen LogP contribution is -2.70. The van der Waals surface area contributed by atoms with Crippen LogP contribution in [0.2, 0.25) is 0 Å². The number of aryl methyl sites for hydroxylation is 1. The van der Waals surface area contributed by atoms with Crippen molar-refractivity contribution < 1.29 is 34.2 Å². The van der Waals surface area contributed by atoms with Gasteiger partial charge in [-0.25, -0.2) is 9.59 Å². The molecule has 1 unspecified atom stereocenters. The normalized spacial score (nSPS) is 18.9. The molecule has 3 amide bonds. The lowest BCUT2D eigenvalue weighted by Gasteiger charge is -2.49. The molecule has 43 heavy (non-hydrogen) atoms. The Balaban J connectivity index is 1.28. The van der Waals surface area contributed by atoms with E-state index in [1.165, 1.54) is 39.8 Å². The van der Waals surface area contributed by atoms with Crippen molar-refractivity contribution in [3.05, 3.63) is 51.7 Å². The zero-order valence-electron chi connectivity index (χ0n) is 24.1. The molecular formula is C28H33N5O7S3. The number of nitrogens with zero attached hydrogens (tertiary/aromatic N) is 3. The van der Waals surface area contributed by atoms with Crippen molar-refractivity contribution in [3.8, 4) is 0 Å². The zero-order valence-corrected chi connectivity index (χ0v) is 26.5. The smallest absolute Gasteiger partial charge is 0.352 e. The summed E-state index contributed by atoms with van der Waals surface area (Å²) in [5.74, 6) is -3.19. The number of benzene rings is 1. The molecule has 4 rings (SSSR count). The van der Waals surface area contributed by atoms with Crippen LogP contribution in [0.4, 0.5) is 0 Å². The second kappa shape index (κ2) is 13.5. The van der Waals surface area contributed by atoms with Gasteiger partial charge in [0.2, 0.25) is 5.91 Å². The summed E-state index contributed by atoms with van der Waals surface area (Å²) in [6.45, 7) is 7.98. The van der Waals surface area contributed by atoms with E-state index in [0.717, 1.165) is 10.6 Å². The van der Waals surface area contributed by atoms with Crippen LogP contribution in [0.15, 0.2) is 39.9 Å². The third-order valence-corrected chi connectivity index (χ3v) is 10.4. The van der Waals surface area contributed by atoms with Crippen LogP contribution in [0.25, 0.3) is 0 Å². The maximum atomic E-state index is 12.9. The number of carboxylic acids is 2. The van der Waals surface area contributed by atoms with Crippen molar-refractivity contribution in [2.75, 3.05) is 11.5 Å². The molecule has 230 valence electrons. The Morgan fingerprint density at radius 3 is 2.42 bits per heavy atom. The number of fused-ring (bicyclic) bond motifs is 1. The van der Waals surface area contributed by atoms with Gasteiger partial charge in [0.15, 0.2) is 4.34 Å². The van der Waals surface area contributed by atoms with E-state index in [-0.39, 0.29) is 30.4 Å². The van der Waals surface area contributed by atoms with Crippen LogP contribution in [-0.2, 0) is 24.6 Å². The second-order valence-corrected chi connectivity index (χ2v) is 14.7. The summed E-state index contributed by atoms with van der Waals surface area (Å²) in [7, 11) is 0. The number of rotatable bonds is 12. The largest absolute Gasteiger partial charge is 0.480 e. The molecule has 15 heteroatoms. The molecule has 1 saturated heterocycles. The third kappa shape index (κ3) is 7.75. The summed E-state index contributed by atoms with van der Waals surface area (Å²) in [5, 5.41) is 32.9. The van der Waals surface area contributed by atoms with E-state index in [0.29, 0.717) is 27.0 Å². The van der Waals surface area contributed by atoms with Crippen molar-refractivity contribution in [1.82, 2.24) is 25.7 Å². The minimum absolute atomic E-state index is 0.0125. The molecule has 3 atom stereocenters. The van der Waals surface area contributed by atoms with Crippen molar-refractivity contribution in [2.45, 2.75) is 74.2 Å². The number of hydrogen-bond acceptors (Lipinski definition) is 10. The van der Waals surface area contributed by atoms with Gasteiger partial charge in [-0.1, -0.05) is 56.0 Å². The van der Waals surface area contributed by atoms with Crippen LogP contribution in [0.3, 0.4) is 0 Å². The predicted octanol–water partition coefficient (Wildman–Crippen LogP) is 3.03. The molecule has 0 spiro atoms. The highest BCUT2D eigenvalue weighted by molar-refractivity contribution is 8.01. The van der Waals surface area contributed by atoms with Crippen LogP contribution < -0.4 is 10.6 Å². The van der Waals surface area contributed by atoms with Gasteiger partial charge in [0.1, 0.15) is 28.2 Å². The van der Waals surface area contributed by atoms with Gasteiger partial charge in [0.05, 0.1) is 0 Å². The summed E-state index contributed by atoms with van der Waals surface area (Å²) < 4.78 is 0.710. The molecule has 2 aliphatic heterocycles. The lowest BCUT2D eigenvalue weighted by molar-refractivity contribution is -0.150. The third-order valence-electron chi connectivity index (χ3n) is 6.96. The van der Waals surface area contributed by atoms with Gasteiger partial charge in [-0.15, -0.1) is 22.0 Å². The Labute approximate surface area is 261 Å². The lowest BCUT2D eigenvalue weighted by atomic mass is 9.86. The standard InChI is InChI=1S/C28H33N5O7S3/c1-14-31-32-27(43-14)42-13-16-12-41-24-20(23(36)33(24)21(16)26(39)40)30-19(34)7-5-6-18(25(37)38)29-22(35)15-8-10-17(11-9-15)28(2,3)4/h8-11,18,20,24H,5-7,12-13H2,1-4H3,(H,29,35)(H,30,34)(H,37,38)(H,39,40)/t18?,20-,24+/m1/s1.